The summed E-state index contributed by atoms with van der Waals surface area (Å²) in [6.07, 6.45) is 2.49. The highest BCUT2D eigenvalue weighted by Crippen LogP contribution is 2.40. The lowest BCUT2D eigenvalue weighted by Gasteiger charge is -2.16. The van der Waals surface area contributed by atoms with Crippen LogP contribution in [0.25, 0.3) is 0 Å². The molecule has 6 nitrogen and oxygen atoms in total. The molecule has 1 heterocycles. The Bertz CT molecular complexity index is 793. The average Bonchev–Trinajstić information content (AvgIpc) is 2.66. The van der Waals surface area contributed by atoms with Gasteiger partial charge in [-0.1, -0.05) is 0 Å². The van der Waals surface area contributed by atoms with Crippen LogP contribution in [-0.2, 0) is 20.3 Å². The van der Waals surface area contributed by atoms with Gasteiger partial charge in [-0.15, -0.1) is 0 Å². The molecule has 0 bridgehead atoms. The second-order valence-corrected chi connectivity index (χ2v) is 8.08. The summed E-state index contributed by atoms with van der Waals surface area (Å²) < 4.78 is 36.0. The number of nitrogens with zero attached hydrogens (tertiary/aromatic N) is 1. The number of fused-ring (bicyclic) bond motifs is 1. The van der Waals surface area contributed by atoms with Gasteiger partial charge in [0.2, 0.25) is 5.69 Å². The number of rotatable bonds is 7. The zero-order valence-electron chi connectivity index (χ0n) is 14.2. The molecule has 2 rings (SSSR count). The van der Waals surface area contributed by atoms with Gasteiger partial charge in [-0.25, -0.2) is 8.42 Å². The number of aliphatic carboxylic acids is 1. The van der Waals surface area contributed by atoms with Gasteiger partial charge in [-0.05, 0) is 38.8 Å². The Labute approximate surface area is 142 Å². The van der Waals surface area contributed by atoms with Gasteiger partial charge in [0, 0.05) is 31.4 Å². The van der Waals surface area contributed by atoms with Gasteiger partial charge in [0.25, 0.3) is 0 Å². The number of unbranched alkanes of at least 4 members (excludes halogenated alkanes) is 2. The van der Waals surface area contributed by atoms with Crippen molar-refractivity contribution in [3.05, 3.63) is 23.8 Å². The smallest absolute Gasteiger partial charge is 0.303 e. The Kier molecular flexibility index (Phi) is 5.15. The molecule has 24 heavy (non-hydrogen) atoms. The van der Waals surface area contributed by atoms with E-state index in [1.54, 1.807) is 6.07 Å². The number of hydrogen-bond acceptors (Lipinski definition) is 4. The van der Waals surface area contributed by atoms with E-state index < -0.39 is 16.1 Å². The highest BCUT2D eigenvalue weighted by Gasteiger charge is 2.43. The summed E-state index contributed by atoms with van der Waals surface area (Å²) in [5.74, 6) is -0.781. The van der Waals surface area contributed by atoms with E-state index in [0.717, 1.165) is 36.3 Å². The van der Waals surface area contributed by atoms with E-state index in [1.807, 2.05) is 20.8 Å². The highest BCUT2D eigenvalue weighted by molar-refractivity contribution is 7.85. The van der Waals surface area contributed by atoms with Crippen LogP contribution in [0, 0.1) is 0 Å². The van der Waals surface area contributed by atoms with Gasteiger partial charge >= 0.3 is 5.97 Å². The second-order valence-electron chi connectivity index (χ2n) is 6.70. The molecule has 0 aromatic heterocycles. The molecule has 0 aliphatic carbocycles. The van der Waals surface area contributed by atoms with Gasteiger partial charge < -0.3 is 9.66 Å². The van der Waals surface area contributed by atoms with Crippen molar-refractivity contribution in [2.75, 3.05) is 6.54 Å². The van der Waals surface area contributed by atoms with E-state index in [2.05, 4.69) is 4.58 Å². The number of carboxylic acids is 1. The monoisotopic (exact) mass is 353 g/mol. The molecule has 0 fully saturated rings. The fraction of sp³-hybridized carbons (Fsp3) is 0.529. The van der Waals surface area contributed by atoms with E-state index in [0.29, 0.717) is 6.42 Å². The molecule has 0 unspecified atom stereocenters. The minimum absolute atomic E-state index is 0.176. The van der Waals surface area contributed by atoms with Crippen LogP contribution in [0.4, 0.5) is 5.69 Å². The van der Waals surface area contributed by atoms with Gasteiger partial charge in [0.15, 0.2) is 5.71 Å². The van der Waals surface area contributed by atoms with Crippen LogP contribution in [0.15, 0.2) is 23.1 Å². The maximum atomic E-state index is 11.3. The largest absolute Gasteiger partial charge is 0.744 e. The molecule has 1 aliphatic rings. The molecule has 1 aromatic rings. The first kappa shape index (κ1) is 18.6. The quantitative estimate of drug-likeness (QED) is 0.462. The third-order valence-electron chi connectivity index (χ3n) is 4.80. The molecule has 0 saturated carbocycles. The number of carbonyl (C=O) groups is 1. The minimum atomic E-state index is -4.48. The van der Waals surface area contributed by atoms with Crippen LogP contribution >= 0.6 is 0 Å². The molecular weight excluding hydrogens is 330 g/mol. The Hall–Kier alpha value is -1.73. The second kappa shape index (κ2) is 6.64. The first-order valence-electron chi connectivity index (χ1n) is 7.99. The summed E-state index contributed by atoms with van der Waals surface area (Å²) in [7, 11) is -4.48. The Morgan fingerprint density at radius 2 is 1.92 bits per heavy atom. The Morgan fingerprint density at radius 1 is 1.25 bits per heavy atom. The maximum absolute atomic E-state index is 11.3. The van der Waals surface area contributed by atoms with Crippen molar-refractivity contribution in [2.45, 2.75) is 56.8 Å². The van der Waals surface area contributed by atoms with E-state index in [9.17, 15) is 17.8 Å². The highest BCUT2D eigenvalue weighted by atomic mass is 32.2. The summed E-state index contributed by atoms with van der Waals surface area (Å²) in [5.41, 5.74) is 2.50. The average molecular weight is 353 g/mol. The van der Waals surface area contributed by atoms with Gasteiger partial charge in [-0.3, -0.25) is 4.79 Å². The Morgan fingerprint density at radius 3 is 2.50 bits per heavy atom. The molecule has 1 aliphatic heterocycles. The summed E-state index contributed by atoms with van der Waals surface area (Å²) in [4.78, 5) is 10.3. The van der Waals surface area contributed by atoms with Crippen LogP contribution < -0.4 is 0 Å². The van der Waals surface area contributed by atoms with Crippen molar-refractivity contribution in [3.63, 3.8) is 0 Å². The van der Waals surface area contributed by atoms with Crippen LogP contribution in [0.1, 0.15) is 52.0 Å². The third kappa shape index (κ3) is 3.67. The molecule has 7 heteroatoms. The fourth-order valence-corrected chi connectivity index (χ4v) is 3.63. The molecule has 0 radical (unpaired) electrons. The van der Waals surface area contributed by atoms with Crippen LogP contribution in [0.3, 0.4) is 0 Å². The zero-order valence-corrected chi connectivity index (χ0v) is 15.0. The first-order chi connectivity index (χ1) is 11.0. The van der Waals surface area contributed by atoms with Crippen molar-refractivity contribution in [2.24, 2.45) is 0 Å². The summed E-state index contributed by atoms with van der Waals surface area (Å²) in [6, 6.07) is 4.52. The number of carboxylic acid groups (broad SMARTS) is 1. The fourth-order valence-electron chi connectivity index (χ4n) is 3.13. The number of benzene rings is 1. The van der Waals surface area contributed by atoms with Crippen molar-refractivity contribution in [1.82, 2.24) is 0 Å². The van der Waals surface area contributed by atoms with Crippen molar-refractivity contribution in [3.8, 4) is 0 Å². The lowest BCUT2D eigenvalue weighted by atomic mass is 9.82. The summed E-state index contributed by atoms with van der Waals surface area (Å²) >= 11 is 0. The molecule has 0 atom stereocenters. The molecule has 1 N–H and O–H groups in total. The van der Waals surface area contributed by atoms with Gasteiger partial charge in [-0.2, -0.15) is 4.58 Å². The molecule has 0 amide bonds. The van der Waals surface area contributed by atoms with E-state index in [-0.39, 0.29) is 16.7 Å². The summed E-state index contributed by atoms with van der Waals surface area (Å²) in [5, 5.41) is 8.67. The van der Waals surface area contributed by atoms with E-state index in [4.69, 9.17) is 5.11 Å². The standard InChI is InChI=1S/C17H23NO5S/c1-12-17(2,3)14-11-13(24(21,22)23)8-9-15(14)18(12)10-6-4-5-7-16(19)20/h8-9,11H,4-7,10H2,1-3H3,(H-,19,20,21,22,23). The predicted octanol–water partition coefficient (Wildman–Crippen LogP) is 2.63. The minimum Gasteiger partial charge on any atom is -0.744 e. The van der Waals surface area contributed by atoms with Crippen LogP contribution in [0.2, 0.25) is 0 Å². The molecular formula is C17H23NO5S. The first-order valence-corrected chi connectivity index (χ1v) is 9.40. The van der Waals surface area contributed by atoms with E-state index >= 15 is 0 Å². The normalized spacial score (nSPS) is 16.3. The van der Waals surface area contributed by atoms with Crippen molar-refractivity contribution >= 4 is 27.5 Å². The van der Waals surface area contributed by atoms with Crippen molar-refractivity contribution in [1.29, 1.82) is 0 Å². The third-order valence-corrected chi connectivity index (χ3v) is 5.63. The van der Waals surface area contributed by atoms with E-state index in [1.165, 1.54) is 12.1 Å². The maximum Gasteiger partial charge on any atom is 0.303 e. The van der Waals surface area contributed by atoms with Crippen LogP contribution in [-0.4, -0.2) is 40.9 Å². The molecule has 1 aromatic carbocycles. The van der Waals surface area contributed by atoms with Gasteiger partial charge in [0.1, 0.15) is 16.7 Å². The lowest BCUT2D eigenvalue weighted by molar-refractivity contribution is -0.439. The van der Waals surface area contributed by atoms with Gasteiger partial charge in [0.05, 0.1) is 10.3 Å². The SMILES string of the molecule is CC1=[N+](CCCCCC(=O)O)c2ccc(S(=O)(=O)[O-])cc2C1(C)C. The number of hydrogen-bond donors (Lipinski definition) is 1. The van der Waals surface area contributed by atoms with Crippen molar-refractivity contribution < 1.29 is 27.4 Å². The molecule has 0 saturated heterocycles. The topological polar surface area (TPSA) is 97.5 Å². The Balaban J connectivity index is 2.22. The molecule has 0 spiro atoms. The zero-order chi connectivity index (χ0) is 18.1. The lowest BCUT2D eigenvalue weighted by Crippen LogP contribution is -2.26. The molecule has 132 valence electrons. The predicted molar refractivity (Wildman–Crippen MR) is 89.0 cm³/mol. The summed E-state index contributed by atoms with van der Waals surface area (Å²) in [6.45, 7) is 6.76. The van der Waals surface area contributed by atoms with Crippen LogP contribution in [0.5, 0.6) is 0 Å².